The van der Waals surface area contributed by atoms with Gasteiger partial charge < -0.3 is 0 Å². The highest BCUT2D eigenvalue weighted by Gasteiger charge is 2.08. The van der Waals surface area contributed by atoms with Gasteiger partial charge in [0.2, 0.25) is 0 Å². The minimum absolute atomic E-state index is 0.164. The molecule has 0 amide bonds. The summed E-state index contributed by atoms with van der Waals surface area (Å²) in [5.74, 6) is 0.220. The van der Waals surface area contributed by atoms with Crippen LogP contribution in [0.5, 0.6) is 0 Å². The summed E-state index contributed by atoms with van der Waals surface area (Å²) >= 11 is 7.50. The van der Waals surface area contributed by atoms with E-state index in [0.29, 0.717) is 11.3 Å². The number of alkyl halides is 1. The van der Waals surface area contributed by atoms with E-state index in [4.69, 9.17) is 11.6 Å². The fourth-order valence-electron chi connectivity index (χ4n) is 2.58. The summed E-state index contributed by atoms with van der Waals surface area (Å²) in [6.07, 6.45) is 0. The van der Waals surface area contributed by atoms with Crippen molar-refractivity contribution in [2.24, 2.45) is 0 Å². The number of hydrogen-bond acceptors (Lipinski definition) is 3. The van der Waals surface area contributed by atoms with Gasteiger partial charge in [0.15, 0.2) is 5.65 Å². The maximum Gasteiger partial charge on any atom is 0.272 e. The molecular formula is C19H14ClN3OS. The van der Waals surface area contributed by atoms with Gasteiger partial charge in [-0.2, -0.15) is 0 Å². The molecule has 124 valence electrons. The zero-order chi connectivity index (χ0) is 17.2. The highest BCUT2D eigenvalue weighted by Crippen LogP contribution is 2.29. The van der Waals surface area contributed by atoms with Gasteiger partial charge in [-0.15, -0.1) is 11.6 Å². The van der Waals surface area contributed by atoms with E-state index in [9.17, 15) is 4.79 Å². The molecule has 0 saturated heterocycles. The largest absolute Gasteiger partial charge is 0.289 e. The molecule has 25 heavy (non-hydrogen) atoms. The predicted molar refractivity (Wildman–Crippen MR) is 101 cm³/mol. The molecule has 4 aromatic rings. The minimum Gasteiger partial charge on any atom is -0.289 e. The van der Waals surface area contributed by atoms with E-state index < -0.39 is 0 Å². The summed E-state index contributed by atoms with van der Waals surface area (Å²) < 4.78 is 1.43. The molecule has 0 saturated carbocycles. The van der Waals surface area contributed by atoms with Gasteiger partial charge in [0.1, 0.15) is 0 Å². The second kappa shape index (κ2) is 6.78. The average Bonchev–Trinajstić information content (AvgIpc) is 3.08. The van der Waals surface area contributed by atoms with Crippen molar-refractivity contribution in [2.75, 3.05) is 0 Å². The van der Waals surface area contributed by atoms with Crippen LogP contribution in [-0.4, -0.2) is 14.6 Å². The Labute approximate surface area is 153 Å². The Kier molecular flexibility index (Phi) is 4.34. The normalized spacial score (nSPS) is 11.1. The number of halogens is 1. The Balaban J connectivity index is 1.65. The smallest absolute Gasteiger partial charge is 0.272 e. The van der Waals surface area contributed by atoms with Crippen molar-refractivity contribution in [2.45, 2.75) is 15.7 Å². The molecule has 2 aromatic heterocycles. The van der Waals surface area contributed by atoms with E-state index in [2.05, 4.69) is 34.3 Å². The van der Waals surface area contributed by atoms with Crippen LogP contribution in [0.15, 0.2) is 81.3 Å². The van der Waals surface area contributed by atoms with Crippen molar-refractivity contribution in [1.82, 2.24) is 14.6 Å². The Morgan fingerprint density at radius 2 is 1.72 bits per heavy atom. The number of nitrogens with zero attached hydrogens (tertiary/aromatic N) is 2. The summed E-state index contributed by atoms with van der Waals surface area (Å²) in [6, 6.07) is 21.7. The van der Waals surface area contributed by atoms with Crippen LogP contribution in [0.25, 0.3) is 16.9 Å². The van der Waals surface area contributed by atoms with E-state index in [-0.39, 0.29) is 11.4 Å². The van der Waals surface area contributed by atoms with Crippen LogP contribution in [0.4, 0.5) is 0 Å². The van der Waals surface area contributed by atoms with Gasteiger partial charge in [0.25, 0.3) is 5.56 Å². The molecule has 0 atom stereocenters. The van der Waals surface area contributed by atoms with Crippen molar-refractivity contribution in [3.8, 4) is 11.3 Å². The summed E-state index contributed by atoms with van der Waals surface area (Å²) in [5, 5.41) is 3.09. The first-order valence-electron chi connectivity index (χ1n) is 7.74. The third-order valence-corrected chi connectivity index (χ3v) is 5.07. The first-order valence-corrected chi connectivity index (χ1v) is 9.09. The topological polar surface area (TPSA) is 50.2 Å². The number of nitrogens with one attached hydrogen (secondary N) is 1. The lowest BCUT2D eigenvalue weighted by molar-refractivity contribution is 0.891. The van der Waals surface area contributed by atoms with Gasteiger partial charge in [-0.3, -0.25) is 9.89 Å². The van der Waals surface area contributed by atoms with Gasteiger partial charge in [-0.25, -0.2) is 9.50 Å². The fourth-order valence-corrected chi connectivity index (χ4v) is 3.56. The van der Waals surface area contributed by atoms with E-state index in [1.807, 2.05) is 36.4 Å². The molecule has 6 heteroatoms. The molecule has 0 bridgehead atoms. The van der Waals surface area contributed by atoms with Crippen LogP contribution in [-0.2, 0) is 5.88 Å². The first-order chi connectivity index (χ1) is 12.2. The maximum absolute atomic E-state index is 12.1. The molecule has 0 fully saturated rings. The SMILES string of the molecule is O=c1cc(CCl)nc2cc(-c3ccc(Sc4ccccc4)cc3)[nH]n12. The molecule has 0 spiro atoms. The van der Waals surface area contributed by atoms with Gasteiger partial charge in [0, 0.05) is 21.9 Å². The average molecular weight is 368 g/mol. The van der Waals surface area contributed by atoms with Gasteiger partial charge in [0.05, 0.1) is 17.3 Å². The maximum atomic E-state index is 12.1. The molecule has 4 rings (SSSR count). The molecular weight excluding hydrogens is 354 g/mol. The summed E-state index contributed by atoms with van der Waals surface area (Å²) in [5.41, 5.74) is 2.82. The molecule has 0 aliphatic carbocycles. The highest BCUT2D eigenvalue weighted by molar-refractivity contribution is 7.99. The lowest BCUT2D eigenvalue weighted by atomic mass is 10.2. The monoisotopic (exact) mass is 367 g/mol. The lowest BCUT2D eigenvalue weighted by Crippen LogP contribution is -2.14. The zero-order valence-electron chi connectivity index (χ0n) is 13.1. The number of fused-ring (bicyclic) bond motifs is 1. The van der Waals surface area contributed by atoms with Crippen molar-refractivity contribution in [3.05, 3.63) is 82.8 Å². The van der Waals surface area contributed by atoms with Crippen LogP contribution in [0.1, 0.15) is 5.69 Å². The Morgan fingerprint density at radius 3 is 2.44 bits per heavy atom. The van der Waals surface area contributed by atoms with Crippen LogP contribution in [0.2, 0.25) is 0 Å². The van der Waals surface area contributed by atoms with Crippen molar-refractivity contribution >= 4 is 29.0 Å². The number of benzene rings is 2. The van der Waals surface area contributed by atoms with E-state index in [0.717, 1.165) is 16.2 Å². The third-order valence-electron chi connectivity index (χ3n) is 3.78. The van der Waals surface area contributed by atoms with E-state index in [1.165, 1.54) is 15.5 Å². The van der Waals surface area contributed by atoms with E-state index >= 15 is 0 Å². The second-order valence-electron chi connectivity index (χ2n) is 5.52. The first kappa shape index (κ1) is 16.0. The quantitative estimate of drug-likeness (QED) is 0.537. The molecule has 0 aliphatic rings. The van der Waals surface area contributed by atoms with E-state index in [1.54, 1.807) is 11.8 Å². The summed E-state index contributed by atoms with van der Waals surface area (Å²) in [4.78, 5) is 18.8. The zero-order valence-corrected chi connectivity index (χ0v) is 14.7. The standard InChI is InChI=1S/C19H14ClN3OS/c20-12-14-10-19(24)23-18(21-14)11-17(22-23)13-6-8-16(9-7-13)25-15-4-2-1-3-5-15/h1-11,22H,12H2. The second-order valence-corrected chi connectivity index (χ2v) is 6.94. The number of rotatable bonds is 4. The third kappa shape index (κ3) is 3.34. The van der Waals surface area contributed by atoms with Crippen molar-refractivity contribution in [1.29, 1.82) is 0 Å². The van der Waals surface area contributed by atoms with Gasteiger partial charge in [-0.05, 0) is 29.8 Å². The van der Waals surface area contributed by atoms with Crippen molar-refractivity contribution in [3.63, 3.8) is 0 Å². The Hall–Kier alpha value is -2.50. The molecule has 1 N–H and O–H groups in total. The van der Waals surface area contributed by atoms with Crippen LogP contribution >= 0.6 is 23.4 Å². The molecule has 0 unspecified atom stereocenters. The fraction of sp³-hybridized carbons (Fsp3) is 0.0526. The molecule has 2 heterocycles. The number of hydrogen-bond donors (Lipinski definition) is 1. The molecule has 4 nitrogen and oxygen atoms in total. The Bertz CT molecular complexity index is 1070. The molecule has 0 aliphatic heterocycles. The highest BCUT2D eigenvalue weighted by atomic mass is 35.5. The molecule has 2 aromatic carbocycles. The van der Waals surface area contributed by atoms with Crippen LogP contribution in [0, 0.1) is 0 Å². The minimum atomic E-state index is -0.164. The van der Waals surface area contributed by atoms with Crippen LogP contribution in [0.3, 0.4) is 0 Å². The summed E-state index contributed by atoms with van der Waals surface area (Å²) in [6.45, 7) is 0. The number of aromatic amines is 1. The predicted octanol–water partition coefficient (Wildman–Crippen LogP) is 4.58. The van der Waals surface area contributed by atoms with Crippen molar-refractivity contribution < 1.29 is 0 Å². The summed E-state index contributed by atoms with van der Waals surface area (Å²) in [7, 11) is 0. The van der Waals surface area contributed by atoms with Gasteiger partial charge >= 0.3 is 0 Å². The Morgan fingerprint density at radius 1 is 1.00 bits per heavy atom. The lowest BCUT2D eigenvalue weighted by Gasteiger charge is -2.03. The molecule has 0 radical (unpaired) electrons. The van der Waals surface area contributed by atoms with Gasteiger partial charge in [-0.1, -0.05) is 42.1 Å². The van der Waals surface area contributed by atoms with Crippen LogP contribution < -0.4 is 5.56 Å². The number of H-pyrrole nitrogens is 1. The number of aromatic nitrogens is 3.